The van der Waals surface area contributed by atoms with Crippen molar-refractivity contribution < 1.29 is 4.79 Å². The van der Waals surface area contributed by atoms with Gasteiger partial charge in [-0.25, -0.2) is 0 Å². The first-order valence-electron chi connectivity index (χ1n) is 11.5. The van der Waals surface area contributed by atoms with E-state index in [9.17, 15) is 4.79 Å². The Bertz CT molecular complexity index is 729. The first-order chi connectivity index (χ1) is 14.1. The lowest BCUT2D eigenvalue weighted by Crippen LogP contribution is -2.56. The first kappa shape index (κ1) is 20.9. The van der Waals surface area contributed by atoms with Crippen molar-refractivity contribution in [1.29, 1.82) is 5.41 Å². The Morgan fingerprint density at radius 3 is 2.14 bits per heavy atom. The number of carbonyl (C=O) groups is 1. The number of aryl methyl sites for hydroxylation is 1. The van der Waals surface area contributed by atoms with Crippen LogP contribution in [-0.4, -0.2) is 40.1 Å². The van der Waals surface area contributed by atoms with Crippen LogP contribution in [-0.2, 0) is 4.79 Å². The monoisotopic (exact) mass is 415 g/mol. The van der Waals surface area contributed by atoms with Gasteiger partial charge in [-0.15, -0.1) is 0 Å². The van der Waals surface area contributed by atoms with E-state index in [-0.39, 0.29) is 17.1 Å². The molecule has 2 aliphatic heterocycles. The molecule has 3 aliphatic rings. The summed E-state index contributed by atoms with van der Waals surface area (Å²) < 4.78 is 0. The number of fused-ring (bicyclic) bond motifs is 2. The number of anilines is 1. The van der Waals surface area contributed by atoms with Gasteiger partial charge in [0, 0.05) is 29.9 Å². The van der Waals surface area contributed by atoms with Crippen LogP contribution < -0.4 is 4.90 Å². The van der Waals surface area contributed by atoms with E-state index in [1.54, 1.807) is 0 Å². The number of nitrogens with one attached hydrogen (secondary N) is 1. The molecular formula is C24H34ClN3O. The van der Waals surface area contributed by atoms with Crippen molar-refractivity contribution in [1.82, 2.24) is 4.90 Å². The number of nitrogens with zero attached hydrogens (tertiary/aromatic N) is 2. The maximum absolute atomic E-state index is 13.0. The highest BCUT2D eigenvalue weighted by atomic mass is 35.5. The average Bonchev–Trinajstić information content (AvgIpc) is 2.93. The number of para-hydroxylation sites is 1. The first-order valence-corrected chi connectivity index (χ1v) is 11.8. The van der Waals surface area contributed by atoms with Gasteiger partial charge in [0.25, 0.3) is 5.91 Å². The highest BCUT2D eigenvalue weighted by Crippen LogP contribution is 2.42. The minimum absolute atomic E-state index is 0.130. The topological polar surface area (TPSA) is 47.4 Å². The van der Waals surface area contributed by atoms with E-state index >= 15 is 0 Å². The number of rotatable bonds is 4. The summed E-state index contributed by atoms with van der Waals surface area (Å²) in [5.74, 6) is -0.357. The van der Waals surface area contributed by atoms with Crippen molar-refractivity contribution >= 4 is 28.4 Å². The third kappa shape index (κ3) is 4.39. The molecule has 158 valence electrons. The molecule has 1 amide bonds. The summed E-state index contributed by atoms with van der Waals surface area (Å²) >= 11 is 5.90. The van der Waals surface area contributed by atoms with Crippen molar-refractivity contribution in [2.75, 3.05) is 4.90 Å². The predicted octanol–water partition coefficient (Wildman–Crippen LogP) is 5.65. The van der Waals surface area contributed by atoms with Crippen LogP contribution in [0.4, 0.5) is 5.69 Å². The summed E-state index contributed by atoms with van der Waals surface area (Å²) in [4.78, 5) is 17.6. The van der Waals surface area contributed by atoms with E-state index in [0.717, 1.165) is 30.1 Å². The molecule has 3 atom stereocenters. The lowest BCUT2D eigenvalue weighted by molar-refractivity contribution is -0.113. The van der Waals surface area contributed by atoms with Gasteiger partial charge in [0.05, 0.1) is 0 Å². The van der Waals surface area contributed by atoms with Crippen molar-refractivity contribution in [3.63, 3.8) is 0 Å². The van der Waals surface area contributed by atoms with Gasteiger partial charge in [0.2, 0.25) is 0 Å². The number of benzene rings is 1. The third-order valence-corrected chi connectivity index (χ3v) is 7.57. The molecule has 5 heteroatoms. The summed E-state index contributed by atoms with van der Waals surface area (Å²) in [6.07, 6.45) is 14.0. The molecule has 1 aromatic rings. The van der Waals surface area contributed by atoms with Crippen molar-refractivity contribution in [2.45, 2.75) is 102 Å². The molecule has 2 bridgehead atoms. The summed E-state index contributed by atoms with van der Waals surface area (Å²) in [5.41, 5.74) is 1.97. The molecular weight excluding hydrogens is 382 g/mol. The van der Waals surface area contributed by atoms with Gasteiger partial charge in [0.15, 0.2) is 5.17 Å². The molecule has 1 saturated carbocycles. The lowest BCUT2D eigenvalue weighted by Gasteiger charge is -2.47. The average molecular weight is 416 g/mol. The summed E-state index contributed by atoms with van der Waals surface area (Å²) in [7, 11) is 0. The van der Waals surface area contributed by atoms with E-state index in [4.69, 9.17) is 17.0 Å². The standard InChI is InChI=1S/C24H34ClN3O/c1-17-9-7-8-12-22(17)28(24(29)23(25)26)21-15-19-13-14-20(16-21)27(19)18-10-5-3-2-4-6-11-18/h7-9,12,18-21,26H,2-6,10-11,13-16H2,1H3/t19-,20+,21?. The van der Waals surface area contributed by atoms with E-state index in [1.807, 2.05) is 36.1 Å². The largest absolute Gasteiger partial charge is 0.303 e. The molecule has 0 radical (unpaired) electrons. The van der Waals surface area contributed by atoms with Gasteiger partial charge in [-0.05, 0) is 57.1 Å². The minimum Gasteiger partial charge on any atom is -0.303 e. The molecule has 1 N–H and O–H groups in total. The molecule has 3 fully saturated rings. The van der Waals surface area contributed by atoms with Gasteiger partial charge < -0.3 is 4.90 Å². The van der Waals surface area contributed by atoms with E-state index in [1.165, 1.54) is 57.8 Å². The van der Waals surface area contributed by atoms with Crippen molar-refractivity contribution in [2.24, 2.45) is 0 Å². The summed E-state index contributed by atoms with van der Waals surface area (Å²) in [5, 5.41) is 7.41. The Labute approximate surface area is 180 Å². The van der Waals surface area contributed by atoms with Crippen LogP contribution in [0.3, 0.4) is 0 Å². The Balaban J connectivity index is 1.56. The van der Waals surface area contributed by atoms with Gasteiger partial charge in [-0.2, -0.15) is 0 Å². The fraction of sp³-hybridized carbons (Fsp3) is 0.667. The van der Waals surface area contributed by atoms with Gasteiger partial charge in [-0.3, -0.25) is 15.1 Å². The van der Waals surface area contributed by atoms with Crippen molar-refractivity contribution in [3.05, 3.63) is 29.8 Å². The highest BCUT2D eigenvalue weighted by Gasteiger charge is 2.46. The number of hydrogen-bond acceptors (Lipinski definition) is 3. The smallest absolute Gasteiger partial charge is 0.288 e. The van der Waals surface area contributed by atoms with Gasteiger partial charge >= 0.3 is 0 Å². The zero-order chi connectivity index (χ0) is 20.4. The maximum Gasteiger partial charge on any atom is 0.288 e. The van der Waals surface area contributed by atoms with Crippen LogP contribution in [0.5, 0.6) is 0 Å². The molecule has 4 nitrogen and oxygen atoms in total. The Hall–Kier alpha value is -1.39. The molecule has 2 heterocycles. The fourth-order valence-corrected chi connectivity index (χ4v) is 6.23. The number of halogens is 1. The molecule has 2 saturated heterocycles. The second kappa shape index (κ2) is 9.18. The van der Waals surface area contributed by atoms with Crippen LogP contribution >= 0.6 is 11.6 Å². The van der Waals surface area contributed by atoms with Gasteiger partial charge in [-0.1, -0.05) is 61.9 Å². The van der Waals surface area contributed by atoms with Crippen molar-refractivity contribution in [3.8, 4) is 0 Å². The Morgan fingerprint density at radius 1 is 0.966 bits per heavy atom. The fourth-order valence-electron chi connectivity index (χ4n) is 6.14. The third-order valence-electron chi connectivity index (χ3n) is 7.41. The zero-order valence-corrected chi connectivity index (χ0v) is 18.3. The van der Waals surface area contributed by atoms with Crippen LogP contribution in [0.2, 0.25) is 0 Å². The Kier molecular flexibility index (Phi) is 6.60. The Morgan fingerprint density at radius 2 is 1.55 bits per heavy atom. The lowest BCUT2D eigenvalue weighted by atomic mass is 9.89. The quantitative estimate of drug-likeness (QED) is 0.645. The second-order valence-electron chi connectivity index (χ2n) is 9.23. The predicted molar refractivity (Wildman–Crippen MR) is 120 cm³/mol. The number of hydrogen-bond donors (Lipinski definition) is 1. The number of piperidine rings is 1. The number of carbonyl (C=O) groups excluding carboxylic acids is 1. The van der Waals surface area contributed by atoms with Crippen LogP contribution in [0.1, 0.15) is 76.2 Å². The molecule has 1 unspecified atom stereocenters. The normalized spacial score (nSPS) is 28.6. The summed E-state index contributed by atoms with van der Waals surface area (Å²) in [6.45, 7) is 2.03. The summed E-state index contributed by atoms with van der Waals surface area (Å²) in [6, 6.07) is 9.97. The van der Waals surface area contributed by atoms with Crippen LogP contribution in [0.15, 0.2) is 24.3 Å². The van der Waals surface area contributed by atoms with Gasteiger partial charge in [0.1, 0.15) is 0 Å². The second-order valence-corrected chi connectivity index (χ2v) is 9.61. The minimum atomic E-state index is -0.386. The van der Waals surface area contributed by atoms with Crippen LogP contribution in [0.25, 0.3) is 0 Å². The molecule has 1 aromatic carbocycles. The molecule has 1 aliphatic carbocycles. The number of amides is 1. The van der Waals surface area contributed by atoms with E-state index in [2.05, 4.69) is 4.90 Å². The van der Waals surface area contributed by atoms with E-state index < -0.39 is 0 Å². The van der Waals surface area contributed by atoms with Crippen LogP contribution in [0, 0.1) is 12.3 Å². The molecule has 0 aromatic heterocycles. The zero-order valence-electron chi connectivity index (χ0n) is 17.6. The molecule has 4 rings (SSSR count). The SMILES string of the molecule is Cc1ccccc1N(C(=O)C(=N)Cl)C1C[C@H]2CC[C@@H](C1)N2C1CCCCCCC1. The maximum atomic E-state index is 13.0. The molecule has 0 spiro atoms. The van der Waals surface area contributed by atoms with E-state index in [0.29, 0.717) is 12.1 Å². The molecule has 29 heavy (non-hydrogen) atoms. The highest BCUT2D eigenvalue weighted by molar-refractivity contribution is 6.83.